The van der Waals surface area contributed by atoms with Crippen LogP contribution in [0.4, 0.5) is 0 Å². The number of hydrogen-bond acceptors (Lipinski definition) is 3. The first-order chi connectivity index (χ1) is 9.04. The highest BCUT2D eigenvalue weighted by atomic mass is 16.4. The highest BCUT2D eigenvalue weighted by Crippen LogP contribution is 2.08. The summed E-state index contributed by atoms with van der Waals surface area (Å²) in [5.74, 6) is -1.90. The third-order valence-corrected chi connectivity index (χ3v) is 2.82. The van der Waals surface area contributed by atoms with Crippen molar-refractivity contribution in [2.24, 2.45) is 0 Å². The van der Waals surface area contributed by atoms with Gasteiger partial charge in [0, 0.05) is 6.42 Å². The molecule has 0 saturated carbocycles. The normalized spacial score (nSPS) is 12.7. The third kappa shape index (κ3) is 12.9. The summed E-state index contributed by atoms with van der Waals surface area (Å²) in [5.41, 5.74) is 0. The standard InChI is InChI=1S/C14H24O5/c15-12(14(18)19)10-8-6-4-2-1-3-5-7-9-11-13(16)17/h4,6,12,15H,1-3,5,7-11H2,(H,16,17)(H,18,19). The van der Waals surface area contributed by atoms with Gasteiger partial charge < -0.3 is 15.3 Å². The summed E-state index contributed by atoms with van der Waals surface area (Å²) in [7, 11) is 0. The van der Waals surface area contributed by atoms with Gasteiger partial charge in [-0.25, -0.2) is 4.79 Å². The lowest BCUT2D eigenvalue weighted by Crippen LogP contribution is -2.18. The van der Waals surface area contributed by atoms with E-state index in [0.29, 0.717) is 6.42 Å². The molecule has 0 aromatic heterocycles. The van der Waals surface area contributed by atoms with Crippen LogP contribution >= 0.6 is 0 Å². The van der Waals surface area contributed by atoms with Crippen LogP contribution in [0.15, 0.2) is 12.2 Å². The molecule has 0 spiro atoms. The summed E-state index contributed by atoms with van der Waals surface area (Å²) < 4.78 is 0. The van der Waals surface area contributed by atoms with Crippen LogP contribution in [0, 0.1) is 0 Å². The van der Waals surface area contributed by atoms with Crippen LogP contribution in [0.3, 0.4) is 0 Å². The molecule has 3 N–H and O–H groups in total. The molecular weight excluding hydrogens is 248 g/mol. The predicted octanol–water partition coefficient (Wildman–Crippen LogP) is 2.58. The first-order valence-corrected chi connectivity index (χ1v) is 6.81. The average molecular weight is 272 g/mol. The number of allylic oxidation sites excluding steroid dienone is 2. The Kier molecular flexibility index (Phi) is 10.9. The van der Waals surface area contributed by atoms with E-state index in [2.05, 4.69) is 0 Å². The zero-order valence-electron chi connectivity index (χ0n) is 11.3. The van der Waals surface area contributed by atoms with E-state index in [4.69, 9.17) is 15.3 Å². The molecule has 0 bridgehead atoms. The van der Waals surface area contributed by atoms with Crippen molar-refractivity contribution >= 4 is 11.9 Å². The van der Waals surface area contributed by atoms with Crippen LogP contribution in [0.1, 0.15) is 57.8 Å². The predicted molar refractivity (Wildman–Crippen MR) is 72.0 cm³/mol. The quantitative estimate of drug-likeness (QED) is 0.375. The number of rotatable bonds is 12. The number of carbonyl (C=O) groups is 2. The van der Waals surface area contributed by atoms with Gasteiger partial charge in [0.25, 0.3) is 0 Å². The molecule has 0 aliphatic heterocycles. The highest BCUT2D eigenvalue weighted by Gasteiger charge is 2.10. The van der Waals surface area contributed by atoms with Crippen LogP contribution in [0.2, 0.25) is 0 Å². The molecule has 0 amide bonds. The maximum atomic E-state index is 10.3. The van der Waals surface area contributed by atoms with Crippen LogP contribution in [0.25, 0.3) is 0 Å². The van der Waals surface area contributed by atoms with Gasteiger partial charge in [-0.15, -0.1) is 0 Å². The minimum atomic E-state index is -1.26. The van der Waals surface area contributed by atoms with Gasteiger partial charge in [0.2, 0.25) is 0 Å². The van der Waals surface area contributed by atoms with Gasteiger partial charge in [-0.05, 0) is 32.1 Å². The van der Waals surface area contributed by atoms with E-state index >= 15 is 0 Å². The molecule has 0 heterocycles. The van der Waals surface area contributed by atoms with E-state index in [9.17, 15) is 9.59 Å². The fourth-order valence-corrected chi connectivity index (χ4v) is 1.68. The van der Waals surface area contributed by atoms with Gasteiger partial charge >= 0.3 is 11.9 Å². The first kappa shape index (κ1) is 17.6. The van der Waals surface area contributed by atoms with Gasteiger partial charge in [0.1, 0.15) is 0 Å². The number of aliphatic hydroxyl groups is 1. The van der Waals surface area contributed by atoms with E-state index in [1.165, 1.54) is 0 Å². The molecule has 0 aromatic carbocycles. The Morgan fingerprint density at radius 3 is 2.11 bits per heavy atom. The first-order valence-electron chi connectivity index (χ1n) is 6.81. The van der Waals surface area contributed by atoms with Crippen LogP contribution < -0.4 is 0 Å². The molecule has 19 heavy (non-hydrogen) atoms. The molecular formula is C14H24O5. The van der Waals surface area contributed by atoms with E-state index in [-0.39, 0.29) is 12.8 Å². The second-order valence-corrected chi connectivity index (χ2v) is 4.60. The van der Waals surface area contributed by atoms with Crippen LogP contribution in [-0.2, 0) is 9.59 Å². The van der Waals surface area contributed by atoms with E-state index < -0.39 is 18.0 Å². The van der Waals surface area contributed by atoms with Crippen molar-refractivity contribution in [3.8, 4) is 0 Å². The van der Waals surface area contributed by atoms with Gasteiger partial charge in [0.15, 0.2) is 6.10 Å². The van der Waals surface area contributed by atoms with E-state index in [1.54, 1.807) is 0 Å². The zero-order valence-corrected chi connectivity index (χ0v) is 11.3. The SMILES string of the molecule is O=C(O)CCCCCCCC=CCCC(O)C(=O)O. The van der Waals surface area contributed by atoms with E-state index in [1.807, 2.05) is 12.2 Å². The minimum Gasteiger partial charge on any atom is -0.481 e. The fraction of sp³-hybridized carbons (Fsp3) is 0.714. The Balaban J connectivity index is 3.25. The Labute approximate surface area is 113 Å². The molecule has 0 saturated heterocycles. The van der Waals surface area contributed by atoms with Crippen molar-refractivity contribution in [3.05, 3.63) is 12.2 Å². The lowest BCUT2D eigenvalue weighted by Gasteiger charge is -2.01. The average Bonchev–Trinajstić information content (AvgIpc) is 2.35. The molecule has 0 rings (SSSR count). The fourth-order valence-electron chi connectivity index (χ4n) is 1.68. The minimum absolute atomic E-state index is 0.251. The Bertz CT molecular complexity index is 286. The number of carboxylic acid groups (broad SMARTS) is 2. The zero-order chi connectivity index (χ0) is 14.5. The number of aliphatic carboxylic acids is 2. The summed E-state index contributed by atoms with van der Waals surface area (Å²) in [6.07, 6.45) is 9.58. The van der Waals surface area contributed by atoms with Crippen LogP contribution in [0.5, 0.6) is 0 Å². The van der Waals surface area contributed by atoms with Gasteiger partial charge in [-0.3, -0.25) is 4.79 Å². The van der Waals surface area contributed by atoms with Crippen LogP contribution in [-0.4, -0.2) is 33.4 Å². The summed E-state index contributed by atoms with van der Waals surface area (Å²) in [6, 6.07) is 0. The molecule has 0 aliphatic rings. The summed E-state index contributed by atoms with van der Waals surface area (Å²) in [5, 5.41) is 25.9. The maximum absolute atomic E-state index is 10.3. The lowest BCUT2D eigenvalue weighted by atomic mass is 10.1. The Morgan fingerprint density at radius 2 is 1.47 bits per heavy atom. The molecule has 110 valence electrons. The molecule has 5 heteroatoms. The van der Waals surface area contributed by atoms with Crippen molar-refractivity contribution in [2.45, 2.75) is 63.9 Å². The molecule has 1 atom stereocenters. The topological polar surface area (TPSA) is 94.8 Å². The summed E-state index contributed by atoms with van der Waals surface area (Å²) in [6.45, 7) is 0. The number of carboxylic acids is 2. The van der Waals surface area contributed by atoms with Crippen molar-refractivity contribution in [1.29, 1.82) is 0 Å². The molecule has 0 aliphatic carbocycles. The maximum Gasteiger partial charge on any atom is 0.332 e. The monoisotopic (exact) mass is 272 g/mol. The Morgan fingerprint density at radius 1 is 0.895 bits per heavy atom. The second-order valence-electron chi connectivity index (χ2n) is 4.60. The molecule has 0 radical (unpaired) electrons. The van der Waals surface area contributed by atoms with Crippen molar-refractivity contribution in [1.82, 2.24) is 0 Å². The van der Waals surface area contributed by atoms with Gasteiger partial charge in [-0.1, -0.05) is 31.4 Å². The molecule has 0 fully saturated rings. The number of unbranched alkanes of at least 4 members (excludes halogenated alkanes) is 5. The largest absolute Gasteiger partial charge is 0.481 e. The molecule has 5 nitrogen and oxygen atoms in total. The number of hydrogen-bond donors (Lipinski definition) is 3. The van der Waals surface area contributed by atoms with E-state index in [0.717, 1.165) is 38.5 Å². The van der Waals surface area contributed by atoms with Crippen molar-refractivity contribution in [2.75, 3.05) is 0 Å². The highest BCUT2D eigenvalue weighted by molar-refractivity contribution is 5.71. The second kappa shape index (κ2) is 11.7. The Hall–Kier alpha value is -1.36. The molecule has 0 aromatic rings. The molecule has 1 unspecified atom stereocenters. The third-order valence-electron chi connectivity index (χ3n) is 2.82. The summed E-state index contributed by atoms with van der Waals surface area (Å²) in [4.78, 5) is 20.6. The van der Waals surface area contributed by atoms with Crippen molar-refractivity contribution in [3.63, 3.8) is 0 Å². The van der Waals surface area contributed by atoms with Crippen molar-refractivity contribution < 1.29 is 24.9 Å². The van der Waals surface area contributed by atoms with Gasteiger partial charge in [-0.2, -0.15) is 0 Å². The smallest absolute Gasteiger partial charge is 0.332 e. The summed E-state index contributed by atoms with van der Waals surface area (Å²) >= 11 is 0. The number of aliphatic hydroxyl groups excluding tert-OH is 1. The lowest BCUT2D eigenvalue weighted by molar-refractivity contribution is -0.146. The van der Waals surface area contributed by atoms with Gasteiger partial charge in [0.05, 0.1) is 0 Å².